The SMILES string of the molecule is CC(Cc1ccc(C(F)C(F)F)cc1)C(=O)O. The molecular formula is C12H13F3O2. The quantitative estimate of drug-likeness (QED) is 0.866. The first-order valence-electron chi connectivity index (χ1n) is 5.15. The molecule has 1 N–H and O–H groups in total. The van der Waals surface area contributed by atoms with E-state index in [1.807, 2.05) is 0 Å². The van der Waals surface area contributed by atoms with Gasteiger partial charge in [-0.25, -0.2) is 13.2 Å². The first-order valence-corrected chi connectivity index (χ1v) is 5.15. The van der Waals surface area contributed by atoms with Crippen molar-refractivity contribution in [2.24, 2.45) is 5.92 Å². The van der Waals surface area contributed by atoms with Gasteiger partial charge in [0.15, 0.2) is 6.17 Å². The Bertz CT molecular complexity index is 376. The van der Waals surface area contributed by atoms with Gasteiger partial charge in [-0.15, -0.1) is 0 Å². The number of hydrogen-bond acceptors (Lipinski definition) is 1. The molecule has 0 aliphatic carbocycles. The second-order valence-corrected chi connectivity index (χ2v) is 3.92. The summed E-state index contributed by atoms with van der Waals surface area (Å²) in [6.45, 7) is 1.55. The highest BCUT2D eigenvalue weighted by molar-refractivity contribution is 5.69. The summed E-state index contributed by atoms with van der Waals surface area (Å²) in [5.41, 5.74) is 0.594. The molecule has 1 aromatic rings. The Hall–Kier alpha value is -1.52. The summed E-state index contributed by atoms with van der Waals surface area (Å²) >= 11 is 0. The molecule has 2 unspecified atom stereocenters. The second kappa shape index (κ2) is 5.70. The van der Waals surface area contributed by atoms with E-state index in [0.29, 0.717) is 12.0 Å². The molecule has 0 aromatic heterocycles. The summed E-state index contributed by atoms with van der Waals surface area (Å²) in [4.78, 5) is 10.6. The third-order valence-electron chi connectivity index (χ3n) is 2.48. The highest BCUT2D eigenvalue weighted by Crippen LogP contribution is 2.25. The molecule has 0 aliphatic rings. The zero-order valence-electron chi connectivity index (χ0n) is 9.24. The highest BCUT2D eigenvalue weighted by Gasteiger charge is 2.21. The molecule has 94 valence electrons. The maximum atomic E-state index is 12.9. The lowest BCUT2D eigenvalue weighted by Gasteiger charge is -2.09. The van der Waals surface area contributed by atoms with E-state index in [0.717, 1.165) is 0 Å². The highest BCUT2D eigenvalue weighted by atomic mass is 19.3. The van der Waals surface area contributed by atoms with Gasteiger partial charge >= 0.3 is 5.97 Å². The van der Waals surface area contributed by atoms with Gasteiger partial charge in [0, 0.05) is 0 Å². The Balaban J connectivity index is 2.71. The van der Waals surface area contributed by atoms with Gasteiger partial charge < -0.3 is 5.11 Å². The number of rotatable bonds is 5. The van der Waals surface area contributed by atoms with Crippen LogP contribution in [0.5, 0.6) is 0 Å². The lowest BCUT2D eigenvalue weighted by molar-refractivity contribution is -0.141. The fourth-order valence-electron chi connectivity index (χ4n) is 1.42. The minimum absolute atomic E-state index is 0.0910. The van der Waals surface area contributed by atoms with Gasteiger partial charge in [-0.3, -0.25) is 4.79 Å². The molecule has 17 heavy (non-hydrogen) atoms. The Kier molecular flexibility index (Phi) is 4.54. The molecule has 0 aliphatic heterocycles. The Morgan fingerprint density at radius 1 is 1.24 bits per heavy atom. The molecule has 0 spiro atoms. The Morgan fingerprint density at radius 3 is 2.18 bits per heavy atom. The fraction of sp³-hybridized carbons (Fsp3) is 0.417. The lowest BCUT2D eigenvalue weighted by atomic mass is 9.99. The molecule has 0 saturated heterocycles. The molecule has 0 radical (unpaired) electrons. The van der Waals surface area contributed by atoms with Gasteiger partial charge in [0.25, 0.3) is 6.43 Å². The largest absolute Gasteiger partial charge is 0.481 e. The summed E-state index contributed by atoms with van der Waals surface area (Å²) in [5.74, 6) is -1.48. The van der Waals surface area contributed by atoms with Crippen LogP contribution in [0.3, 0.4) is 0 Å². The van der Waals surface area contributed by atoms with E-state index in [-0.39, 0.29) is 5.56 Å². The van der Waals surface area contributed by atoms with Crippen LogP contribution in [0.2, 0.25) is 0 Å². The van der Waals surface area contributed by atoms with Gasteiger partial charge in [-0.2, -0.15) is 0 Å². The normalized spacial score (nSPS) is 14.6. The van der Waals surface area contributed by atoms with E-state index >= 15 is 0 Å². The van der Waals surface area contributed by atoms with Crippen molar-refractivity contribution in [3.8, 4) is 0 Å². The number of alkyl halides is 3. The van der Waals surface area contributed by atoms with E-state index in [2.05, 4.69) is 0 Å². The van der Waals surface area contributed by atoms with Crippen molar-refractivity contribution >= 4 is 5.97 Å². The average Bonchev–Trinajstić information content (AvgIpc) is 2.28. The van der Waals surface area contributed by atoms with Gasteiger partial charge in [0.2, 0.25) is 0 Å². The minimum Gasteiger partial charge on any atom is -0.481 e. The van der Waals surface area contributed by atoms with Crippen LogP contribution in [-0.4, -0.2) is 17.5 Å². The van der Waals surface area contributed by atoms with Gasteiger partial charge in [0.05, 0.1) is 5.92 Å². The van der Waals surface area contributed by atoms with Crippen LogP contribution in [0.25, 0.3) is 0 Å². The molecular weight excluding hydrogens is 233 g/mol. The molecule has 2 atom stereocenters. The maximum absolute atomic E-state index is 12.9. The van der Waals surface area contributed by atoms with E-state index < -0.39 is 24.5 Å². The van der Waals surface area contributed by atoms with Gasteiger partial charge in [-0.1, -0.05) is 31.2 Å². The number of benzene rings is 1. The van der Waals surface area contributed by atoms with E-state index in [9.17, 15) is 18.0 Å². The number of carboxylic acids is 1. The summed E-state index contributed by atoms with van der Waals surface area (Å²) < 4.78 is 37.1. The van der Waals surface area contributed by atoms with Crippen molar-refractivity contribution in [1.82, 2.24) is 0 Å². The topological polar surface area (TPSA) is 37.3 Å². The summed E-state index contributed by atoms with van der Waals surface area (Å²) in [6, 6.07) is 5.48. The minimum atomic E-state index is -3.04. The van der Waals surface area contributed by atoms with Gasteiger partial charge in [-0.05, 0) is 17.5 Å². The fourth-order valence-corrected chi connectivity index (χ4v) is 1.42. The number of carbonyl (C=O) groups is 1. The monoisotopic (exact) mass is 246 g/mol. The van der Waals surface area contributed by atoms with Crippen LogP contribution < -0.4 is 0 Å². The number of carboxylic acid groups (broad SMARTS) is 1. The first-order chi connectivity index (χ1) is 7.91. The van der Waals surface area contributed by atoms with Crippen molar-refractivity contribution in [3.63, 3.8) is 0 Å². The Labute approximate surface area is 97.1 Å². The van der Waals surface area contributed by atoms with Crippen molar-refractivity contribution in [2.45, 2.75) is 25.9 Å². The molecule has 2 nitrogen and oxygen atoms in total. The zero-order valence-corrected chi connectivity index (χ0v) is 9.24. The molecule has 0 heterocycles. The molecule has 0 fully saturated rings. The second-order valence-electron chi connectivity index (χ2n) is 3.92. The maximum Gasteiger partial charge on any atom is 0.306 e. The average molecular weight is 246 g/mol. The summed E-state index contributed by atoms with van der Waals surface area (Å²) in [5, 5.41) is 8.70. The van der Waals surface area contributed by atoms with Crippen molar-refractivity contribution in [3.05, 3.63) is 35.4 Å². The van der Waals surface area contributed by atoms with Gasteiger partial charge in [0.1, 0.15) is 0 Å². The van der Waals surface area contributed by atoms with E-state index in [4.69, 9.17) is 5.11 Å². The number of aliphatic carboxylic acids is 1. The van der Waals surface area contributed by atoms with Crippen LogP contribution in [0.15, 0.2) is 24.3 Å². The molecule has 1 rings (SSSR count). The predicted molar refractivity (Wildman–Crippen MR) is 56.8 cm³/mol. The summed E-state index contributed by atoms with van der Waals surface area (Å²) in [7, 11) is 0. The first kappa shape index (κ1) is 13.5. The smallest absolute Gasteiger partial charge is 0.306 e. The predicted octanol–water partition coefficient (Wildman–Crippen LogP) is 3.23. The van der Waals surface area contributed by atoms with E-state index in [1.165, 1.54) is 24.3 Å². The van der Waals surface area contributed by atoms with Crippen LogP contribution in [-0.2, 0) is 11.2 Å². The van der Waals surface area contributed by atoms with Crippen LogP contribution in [0.1, 0.15) is 24.2 Å². The molecule has 0 amide bonds. The zero-order chi connectivity index (χ0) is 13.0. The van der Waals surface area contributed by atoms with Crippen molar-refractivity contribution < 1.29 is 23.1 Å². The third-order valence-corrected chi connectivity index (χ3v) is 2.48. The van der Waals surface area contributed by atoms with Crippen LogP contribution in [0, 0.1) is 5.92 Å². The van der Waals surface area contributed by atoms with Crippen molar-refractivity contribution in [2.75, 3.05) is 0 Å². The van der Waals surface area contributed by atoms with Crippen LogP contribution >= 0.6 is 0 Å². The molecule has 0 saturated carbocycles. The standard InChI is InChI=1S/C12H13F3O2/c1-7(12(16)17)6-8-2-4-9(5-3-8)10(13)11(14)15/h2-5,7,10-11H,6H2,1H3,(H,16,17). The van der Waals surface area contributed by atoms with E-state index in [1.54, 1.807) is 6.92 Å². The molecule has 5 heteroatoms. The molecule has 1 aromatic carbocycles. The molecule has 0 bridgehead atoms. The number of halogens is 3. The number of hydrogen-bond donors (Lipinski definition) is 1. The third kappa shape index (κ3) is 3.76. The van der Waals surface area contributed by atoms with Crippen molar-refractivity contribution in [1.29, 1.82) is 0 Å². The van der Waals surface area contributed by atoms with Crippen LogP contribution in [0.4, 0.5) is 13.2 Å². The summed E-state index contributed by atoms with van der Waals surface area (Å²) in [6.07, 6.45) is -5.04. The lowest BCUT2D eigenvalue weighted by Crippen LogP contribution is -2.12. The Morgan fingerprint density at radius 2 is 1.76 bits per heavy atom.